The van der Waals surface area contributed by atoms with Gasteiger partial charge >= 0.3 is 39.9 Å². The second-order valence-electron chi connectivity index (χ2n) is 8.60. The van der Waals surface area contributed by atoms with E-state index in [9.17, 15) is 51.6 Å². The van der Waals surface area contributed by atoms with Gasteiger partial charge in [-0.2, -0.15) is 8.42 Å². The number of primary amides is 2. The Bertz CT molecular complexity index is 1580. The molecule has 6 amide bonds. The van der Waals surface area contributed by atoms with Gasteiger partial charge in [0.15, 0.2) is 11.6 Å². The number of carbonyl (C=O) groups excluding carboxylic acids is 6. The first-order valence-corrected chi connectivity index (χ1v) is 12.7. The number of carbonyl (C=O) groups is 7. The van der Waals surface area contributed by atoms with Gasteiger partial charge in [-0.3, -0.25) is 33.3 Å². The third-order valence-electron chi connectivity index (χ3n) is 5.89. The van der Waals surface area contributed by atoms with Crippen molar-refractivity contribution >= 4 is 57.4 Å². The van der Waals surface area contributed by atoms with Crippen molar-refractivity contribution in [2.24, 2.45) is 11.5 Å². The van der Waals surface area contributed by atoms with Crippen LogP contribution in [0.2, 0.25) is 0 Å². The van der Waals surface area contributed by atoms with E-state index >= 15 is 0 Å². The lowest BCUT2D eigenvalue weighted by Gasteiger charge is -2.47. The number of anilines is 1. The van der Waals surface area contributed by atoms with Crippen LogP contribution in [-0.2, 0) is 55.8 Å². The topological polar surface area (TPSA) is 285 Å². The van der Waals surface area contributed by atoms with E-state index in [4.69, 9.17) is 11.5 Å². The molecule has 41 heavy (non-hydrogen) atoms. The maximum Gasteiger partial charge on any atom is 0.362 e. The van der Waals surface area contributed by atoms with Crippen molar-refractivity contribution in [3.05, 3.63) is 65.2 Å². The lowest BCUT2D eigenvalue weighted by atomic mass is 9.79. The molecule has 1 aliphatic rings. The molecule has 1 unspecified atom stereocenters. The fraction of sp³-hybridized carbons (Fsp3) is 0.174. The third-order valence-corrected chi connectivity index (χ3v) is 6.74. The zero-order valence-electron chi connectivity index (χ0n) is 20.7. The van der Waals surface area contributed by atoms with Gasteiger partial charge in [0.2, 0.25) is 5.91 Å². The predicted molar refractivity (Wildman–Crippen MR) is 135 cm³/mol. The number of nitrogens with zero attached hydrogens (tertiary/aromatic N) is 1. The molecule has 2 atom stereocenters. The predicted octanol–water partition coefficient (Wildman–Crippen LogP) is -2.96. The highest BCUT2D eigenvalue weighted by molar-refractivity contribution is 7.84. The van der Waals surface area contributed by atoms with Crippen LogP contribution >= 0.6 is 0 Å². The number of benzene rings is 2. The number of hydrogen-bond acceptors (Lipinski definition) is 9. The first-order valence-electron chi connectivity index (χ1n) is 11.3. The summed E-state index contributed by atoms with van der Waals surface area (Å²) in [7, 11) is -5.14. The number of rotatable bonds is 9. The molecule has 18 heteroatoms. The molecule has 0 spiro atoms. The van der Waals surface area contributed by atoms with Crippen molar-refractivity contribution < 1.29 is 51.6 Å². The van der Waals surface area contributed by atoms with Crippen LogP contribution in [0.25, 0.3) is 0 Å². The number of β-lactam (4-membered cyclic amide) rings is 1. The molecule has 216 valence electrons. The summed E-state index contributed by atoms with van der Waals surface area (Å²) in [4.78, 5) is 85.5. The monoisotopic (exact) mass is 590 g/mol. The van der Waals surface area contributed by atoms with Gasteiger partial charge in [0.05, 0.1) is 18.7 Å². The van der Waals surface area contributed by atoms with E-state index in [1.165, 1.54) is 0 Å². The molecule has 1 heterocycles. The Balaban J connectivity index is 2.23. The molecule has 1 aliphatic heterocycles. The molecule has 9 N–H and O–H groups in total. The normalized spacial score (nSPS) is 17.0. The van der Waals surface area contributed by atoms with E-state index in [1.54, 1.807) is 30.3 Å². The number of nitrogens with one attached hydrogen (secondary N) is 3. The molecule has 2 aromatic rings. The van der Waals surface area contributed by atoms with Gasteiger partial charge in [0.25, 0.3) is 5.91 Å². The van der Waals surface area contributed by atoms with Gasteiger partial charge in [-0.05, 0) is 5.56 Å². The Morgan fingerprint density at radius 2 is 1.56 bits per heavy atom. The van der Waals surface area contributed by atoms with Crippen molar-refractivity contribution in [2.45, 2.75) is 18.0 Å². The number of amides is 6. The van der Waals surface area contributed by atoms with Crippen LogP contribution in [0.15, 0.2) is 48.5 Å². The molecule has 17 nitrogen and oxygen atoms in total. The van der Waals surface area contributed by atoms with E-state index in [0.717, 1.165) is 18.2 Å². The average Bonchev–Trinajstić information content (AvgIpc) is 2.88. The molecular weight excluding hydrogens is 568 g/mol. The van der Waals surface area contributed by atoms with Crippen molar-refractivity contribution in [1.82, 2.24) is 14.9 Å². The molecule has 0 radical (unpaired) electrons. The number of carboxylic acid groups (broad SMARTS) is 1. The van der Waals surface area contributed by atoms with E-state index in [2.05, 4.69) is 5.32 Å². The summed E-state index contributed by atoms with van der Waals surface area (Å²) >= 11 is 0. The van der Waals surface area contributed by atoms with Gasteiger partial charge in [-0.25, -0.2) is 9.10 Å². The standard InChI is InChI=1S/C23H22N6O11S/c24-17(31)19(33)26-15-12(16(21(35)36)27-20(34)18(25)32)7-4-8-13(15)23(10-29(22(23)37)41(38,39)40)28-14(30)9-11-5-2-1-3-6-11/h1-8,16H,9-10H2,(H2,24,31)(H2,25,32)(H,26,33)(H,27,34)(H,28,30)(H,35,36)(H,38,39,40)/t16?,23-/m0/s1. The van der Waals surface area contributed by atoms with E-state index in [0.29, 0.717) is 5.56 Å². The van der Waals surface area contributed by atoms with Gasteiger partial charge in [0, 0.05) is 11.1 Å². The maximum atomic E-state index is 13.3. The van der Waals surface area contributed by atoms with Crippen LogP contribution in [0, 0.1) is 0 Å². The fourth-order valence-corrected chi connectivity index (χ4v) is 4.76. The summed E-state index contributed by atoms with van der Waals surface area (Å²) < 4.78 is 33.0. The summed E-state index contributed by atoms with van der Waals surface area (Å²) in [6.45, 7) is -0.931. The van der Waals surface area contributed by atoms with Crippen LogP contribution in [0.5, 0.6) is 0 Å². The zero-order chi connectivity index (χ0) is 30.7. The van der Waals surface area contributed by atoms with Crippen molar-refractivity contribution in [2.75, 3.05) is 11.9 Å². The number of aliphatic carboxylic acids is 1. The lowest BCUT2D eigenvalue weighted by molar-refractivity contribution is -0.149. The number of nitrogens with two attached hydrogens (primary N) is 2. The van der Waals surface area contributed by atoms with Crippen LogP contribution in [-0.4, -0.2) is 70.3 Å². The summed E-state index contributed by atoms with van der Waals surface area (Å²) in [5.74, 6) is -10.3. The summed E-state index contributed by atoms with van der Waals surface area (Å²) in [6, 6.07) is 9.17. The number of carboxylic acids is 1. The van der Waals surface area contributed by atoms with Crippen LogP contribution in [0.4, 0.5) is 5.69 Å². The second-order valence-corrected chi connectivity index (χ2v) is 9.94. The largest absolute Gasteiger partial charge is 0.479 e. The van der Waals surface area contributed by atoms with Crippen LogP contribution < -0.4 is 27.4 Å². The number of hydrogen-bond donors (Lipinski definition) is 7. The van der Waals surface area contributed by atoms with E-state index in [1.807, 2.05) is 10.6 Å². The average molecular weight is 591 g/mol. The Hall–Kier alpha value is -5.36. The van der Waals surface area contributed by atoms with Gasteiger partial charge in [-0.1, -0.05) is 48.5 Å². The van der Waals surface area contributed by atoms with Crippen LogP contribution in [0.3, 0.4) is 0 Å². The number of para-hydroxylation sites is 1. The fourth-order valence-electron chi connectivity index (χ4n) is 4.04. The smallest absolute Gasteiger partial charge is 0.362 e. The molecule has 1 fully saturated rings. The highest BCUT2D eigenvalue weighted by Gasteiger charge is 2.60. The lowest BCUT2D eigenvalue weighted by Crippen LogP contribution is -2.73. The van der Waals surface area contributed by atoms with Gasteiger partial charge < -0.3 is 32.5 Å². The summed E-state index contributed by atoms with van der Waals surface area (Å²) in [5.41, 5.74) is 6.39. The molecule has 3 rings (SSSR count). The van der Waals surface area contributed by atoms with Crippen LogP contribution in [0.1, 0.15) is 22.7 Å². The molecule has 0 bridgehead atoms. The molecule has 1 saturated heterocycles. The Kier molecular flexibility index (Phi) is 8.39. The molecule has 0 aromatic heterocycles. The van der Waals surface area contributed by atoms with Crippen molar-refractivity contribution in [3.8, 4) is 0 Å². The Labute approximate surface area is 230 Å². The Morgan fingerprint density at radius 1 is 0.951 bits per heavy atom. The minimum Gasteiger partial charge on any atom is -0.479 e. The highest BCUT2D eigenvalue weighted by Crippen LogP contribution is 2.42. The molecular formula is C23H22N6O11S. The van der Waals surface area contributed by atoms with Crippen molar-refractivity contribution in [3.63, 3.8) is 0 Å². The summed E-state index contributed by atoms with van der Waals surface area (Å²) in [5, 5.41) is 16.0. The first-order chi connectivity index (χ1) is 19.1. The summed E-state index contributed by atoms with van der Waals surface area (Å²) in [6.07, 6.45) is -0.323. The van der Waals surface area contributed by atoms with Crippen molar-refractivity contribution in [1.29, 1.82) is 0 Å². The molecule has 0 aliphatic carbocycles. The zero-order valence-corrected chi connectivity index (χ0v) is 21.5. The van der Waals surface area contributed by atoms with E-state index in [-0.39, 0.29) is 10.7 Å². The van der Waals surface area contributed by atoms with Gasteiger partial charge in [-0.15, -0.1) is 0 Å². The van der Waals surface area contributed by atoms with Gasteiger partial charge in [0.1, 0.15) is 0 Å². The SMILES string of the molecule is NC(=O)C(=O)Nc1c(C(NC(=O)C(N)=O)C(=O)O)cccc1[C@@]1(NC(=O)Cc2ccccc2)CN(S(=O)(=O)O)C1=O. The quantitative estimate of drug-likeness (QED) is 0.0879. The minimum absolute atomic E-state index is 0.00823. The Morgan fingerprint density at radius 3 is 2.07 bits per heavy atom. The molecule has 2 aromatic carbocycles. The maximum absolute atomic E-state index is 13.3. The molecule has 0 saturated carbocycles. The second kappa shape index (κ2) is 11.4. The highest BCUT2D eigenvalue weighted by atomic mass is 32.2. The third kappa shape index (κ3) is 6.28. The van der Waals surface area contributed by atoms with E-state index < -0.39 is 86.7 Å². The first kappa shape index (κ1) is 30.2. The minimum atomic E-state index is -5.14.